The van der Waals surface area contributed by atoms with Crippen molar-refractivity contribution in [3.05, 3.63) is 75.6 Å². The maximum Gasteiger partial charge on any atom is 0.408 e. The van der Waals surface area contributed by atoms with E-state index in [1.807, 2.05) is 37.3 Å². The molecule has 1 amide bonds. The third-order valence-electron chi connectivity index (χ3n) is 4.83. The van der Waals surface area contributed by atoms with Crippen molar-refractivity contribution in [2.45, 2.75) is 46.3 Å². The van der Waals surface area contributed by atoms with Gasteiger partial charge in [0.25, 0.3) is 0 Å². The summed E-state index contributed by atoms with van der Waals surface area (Å²) in [6, 6.07) is 13.2. The van der Waals surface area contributed by atoms with Crippen LogP contribution >= 0.6 is 0 Å². The first-order chi connectivity index (χ1) is 14.9. The van der Waals surface area contributed by atoms with Gasteiger partial charge in [0.1, 0.15) is 24.0 Å². The summed E-state index contributed by atoms with van der Waals surface area (Å²) in [5, 5.41) is 3.27. The van der Waals surface area contributed by atoms with Gasteiger partial charge in [-0.25, -0.2) is 14.4 Å². The molecule has 0 spiro atoms. The first kappa shape index (κ1) is 22.1. The molecule has 7 nitrogen and oxygen atoms in total. The van der Waals surface area contributed by atoms with E-state index in [4.69, 9.17) is 13.9 Å². The van der Waals surface area contributed by atoms with Gasteiger partial charge in [0.15, 0.2) is 0 Å². The lowest BCUT2D eigenvalue weighted by Gasteiger charge is -2.15. The number of hydrogen-bond donors (Lipinski definition) is 1. The average Bonchev–Trinajstić information content (AvgIpc) is 2.75. The molecule has 0 aliphatic heterocycles. The smallest absolute Gasteiger partial charge is 0.408 e. The van der Waals surface area contributed by atoms with E-state index >= 15 is 0 Å². The van der Waals surface area contributed by atoms with E-state index in [2.05, 4.69) is 5.32 Å². The van der Waals surface area contributed by atoms with Crippen LogP contribution in [0.15, 0.2) is 57.7 Å². The molecule has 0 bridgehead atoms. The monoisotopic (exact) mass is 423 g/mol. The fourth-order valence-corrected chi connectivity index (χ4v) is 3.19. The molecule has 0 fully saturated rings. The lowest BCUT2D eigenvalue weighted by molar-refractivity contribution is -0.136. The quantitative estimate of drug-likeness (QED) is 0.346. The highest BCUT2D eigenvalue weighted by atomic mass is 16.6. The van der Waals surface area contributed by atoms with Crippen molar-refractivity contribution in [3.8, 4) is 5.75 Å². The number of carbonyl (C=O) groups is 2. The Bertz CT molecular complexity index is 1140. The minimum Gasteiger partial charge on any atom is -0.445 e. The summed E-state index contributed by atoms with van der Waals surface area (Å²) in [5.41, 5.74) is 2.22. The molecule has 0 unspecified atom stereocenters. The van der Waals surface area contributed by atoms with Crippen molar-refractivity contribution in [2.75, 3.05) is 0 Å². The third-order valence-corrected chi connectivity index (χ3v) is 4.83. The van der Waals surface area contributed by atoms with Crippen LogP contribution in [0.3, 0.4) is 0 Å². The highest BCUT2D eigenvalue weighted by molar-refractivity contribution is 5.87. The van der Waals surface area contributed by atoms with Crippen molar-refractivity contribution in [1.82, 2.24) is 5.32 Å². The third kappa shape index (κ3) is 5.51. The summed E-state index contributed by atoms with van der Waals surface area (Å²) in [4.78, 5) is 36.4. The second-order valence-electron chi connectivity index (χ2n) is 7.25. The van der Waals surface area contributed by atoms with Crippen molar-refractivity contribution >= 4 is 23.0 Å². The largest absolute Gasteiger partial charge is 0.445 e. The van der Waals surface area contributed by atoms with Gasteiger partial charge in [-0.2, -0.15) is 0 Å². The number of alkyl carbamates (subject to hydrolysis) is 1. The highest BCUT2D eigenvalue weighted by Gasteiger charge is 2.21. The van der Waals surface area contributed by atoms with Crippen molar-refractivity contribution in [2.24, 2.45) is 0 Å². The molecule has 162 valence electrons. The highest BCUT2D eigenvalue weighted by Crippen LogP contribution is 2.29. The minimum atomic E-state index is -0.934. The minimum absolute atomic E-state index is 0.0946. The van der Waals surface area contributed by atoms with E-state index < -0.39 is 23.7 Å². The SMILES string of the molecule is CCCc1cc(=O)oc2c(C)c(OC(=O)[C@@H](C)NC(=O)OCc3ccccc3)ccc12. The number of hydrogen-bond acceptors (Lipinski definition) is 6. The summed E-state index contributed by atoms with van der Waals surface area (Å²) < 4.78 is 15.9. The van der Waals surface area contributed by atoms with Crippen LogP contribution in [0.25, 0.3) is 11.0 Å². The summed E-state index contributed by atoms with van der Waals surface area (Å²) in [5.74, 6) is -0.397. The van der Waals surface area contributed by atoms with Crippen LogP contribution in [-0.2, 0) is 22.6 Å². The number of rotatable bonds is 7. The normalized spacial score (nSPS) is 11.7. The number of benzene rings is 2. The topological polar surface area (TPSA) is 94.8 Å². The first-order valence-corrected chi connectivity index (χ1v) is 10.1. The van der Waals surface area contributed by atoms with Gasteiger partial charge in [-0.15, -0.1) is 0 Å². The molecule has 1 aromatic heterocycles. The van der Waals surface area contributed by atoms with Crippen LogP contribution in [0.2, 0.25) is 0 Å². The maximum absolute atomic E-state index is 12.5. The first-order valence-electron chi connectivity index (χ1n) is 10.1. The van der Waals surface area contributed by atoms with E-state index in [1.165, 1.54) is 13.0 Å². The van der Waals surface area contributed by atoms with Crippen LogP contribution in [0.5, 0.6) is 5.75 Å². The molecule has 3 rings (SSSR count). The van der Waals surface area contributed by atoms with E-state index in [1.54, 1.807) is 19.1 Å². The van der Waals surface area contributed by atoms with Crippen molar-refractivity contribution in [3.63, 3.8) is 0 Å². The number of carbonyl (C=O) groups excluding carboxylic acids is 2. The number of nitrogens with one attached hydrogen (secondary N) is 1. The fraction of sp³-hybridized carbons (Fsp3) is 0.292. The maximum atomic E-state index is 12.5. The molecule has 1 atom stereocenters. The second-order valence-corrected chi connectivity index (χ2v) is 7.25. The van der Waals surface area contributed by atoms with E-state index in [9.17, 15) is 14.4 Å². The van der Waals surface area contributed by atoms with Gasteiger partial charge in [0.2, 0.25) is 0 Å². The summed E-state index contributed by atoms with van der Waals surface area (Å²) in [6.45, 7) is 5.35. The van der Waals surface area contributed by atoms with Crippen LogP contribution in [-0.4, -0.2) is 18.1 Å². The molecule has 0 saturated carbocycles. The predicted octanol–water partition coefficient (Wildman–Crippen LogP) is 4.27. The number of fused-ring (bicyclic) bond motifs is 1. The molecular weight excluding hydrogens is 398 g/mol. The van der Waals surface area contributed by atoms with Gasteiger partial charge < -0.3 is 19.2 Å². The lowest BCUT2D eigenvalue weighted by Crippen LogP contribution is -2.41. The van der Waals surface area contributed by atoms with E-state index in [-0.39, 0.29) is 12.4 Å². The Labute approximate surface area is 180 Å². The summed E-state index contributed by atoms with van der Waals surface area (Å²) >= 11 is 0. The molecular formula is C24H25NO6. The van der Waals surface area contributed by atoms with E-state index in [0.717, 1.165) is 29.4 Å². The lowest BCUT2D eigenvalue weighted by atomic mass is 10.0. The van der Waals surface area contributed by atoms with Gasteiger partial charge in [-0.05, 0) is 43.5 Å². The fourth-order valence-electron chi connectivity index (χ4n) is 3.19. The Kier molecular flexibility index (Phi) is 7.07. The van der Waals surface area contributed by atoms with Crippen LogP contribution < -0.4 is 15.7 Å². The van der Waals surface area contributed by atoms with Gasteiger partial charge in [0, 0.05) is 17.0 Å². The predicted molar refractivity (Wildman–Crippen MR) is 116 cm³/mol. The van der Waals surface area contributed by atoms with Crippen LogP contribution in [0.1, 0.15) is 37.0 Å². The zero-order valence-electron chi connectivity index (χ0n) is 17.8. The van der Waals surface area contributed by atoms with Gasteiger partial charge >= 0.3 is 17.7 Å². The Morgan fingerprint density at radius 3 is 2.58 bits per heavy atom. The zero-order valence-corrected chi connectivity index (χ0v) is 17.8. The van der Waals surface area contributed by atoms with Crippen LogP contribution in [0.4, 0.5) is 4.79 Å². The second kappa shape index (κ2) is 9.93. The molecule has 0 saturated heterocycles. The molecule has 0 radical (unpaired) electrons. The number of ether oxygens (including phenoxy) is 2. The van der Waals surface area contributed by atoms with Gasteiger partial charge in [0.05, 0.1) is 0 Å². The van der Waals surface area contributed by atoms with Gasteiger partial charge in [-0.1, -0.05) is 43.7 Å². The van der Waals surface area contributed by atoms with Crippen molar-refractivity contribution < 1.29 is 23.5 Å². The molecule has 1 heterocycles. The molecule has 3 aromatic rings. The molecule has 1 N–H and O–H groups in total. The Morgan fingerprint density at radius 1 is 1.13 bits per heavy atom. The number of aryl methyl sites for hydroxylation is 2. The van der Waals surface area contributed by atoms with E-state index in [0.29, 0.717) is 11.1 Å². The molecule has 2 aromatic carbocycles. The average molecular weight is 423 g/mol. The number of amides is 1. The van der Waals surface area contributed by atoms with Crippen LogP contribution in [0, 0.1) is 6.92 Å². The summed E-state index contributed by atoms with van der Waals surface area (Å²) in [6.07, 6.45) is 0.906. The molecule has 0 aliphatic carbocycles. The van der Waals surface area contributed by atoms with Gasteiger partial charge in [-0.3, -0.25) is 0 Å². The molecule has 7 heteroatoms. The number of esters is 1. The molecule has 0 aliphatic rings. The molecule has 31 heavy (non-hydrogen) atoms. The Hall–Kier alpha value is -3.61. The summed E-state index contributed by atoms with van der Waals surface area (Å²) in [7, 11) is 0. The van der Waals surface area contributed by atoms with Crippen molar-refractivity contribution in [1.29, 1.82) is 0 Å². The standard InChI is InChI=1S/C24H25NO6/c1-4-8-18-13-21(26)31-22-15(2)20(12-11-19(18)22)30-23(27)16(3)25-24(28)29-14-17-9-6-5-7-10-17/h5-7,9-13,16H,4,8,14H2,1-3H3,(H,25,28)/t16-/m1/s1. The zero-order chi connectivity index (χ0) is 22.4. The Balaban J connectivity index is 1.67. The Morgan fingerprint density at radius 2 is 1.87 bits per heavy atom.